The van der Waals surface area contributed by atoms with Crippen LogP contribution in [0.3, 0.4) is 0 Å². The maximum absolute atomic E-state index is 12.4. The fraction of sp³-hybridized carbons (Fsp3) is 0.429. The number of aliphatic carboxylic acids is 1. The Morgan fingerprint density at radius 1 is 1.42 bits per heavy atom. The van der Waals surface area contributed by atoms with E-state index in [1.165, 1.54) is 21.3 Å². The number of fused-ring (bicyclic) bond motifs is 1. The van der Waals surface area contributed by atoms with Crippen LogP contribution in [0.2, 0.25) is 5.02 Å². The molecule has 0 aliphatic carbocycles. The summed E-state index contributed by atoms with van der Waals surface area (Å²) in [5.41, 5.74) is 1.32. The van der Waals surface area contributed by atoms with Crippen LogP contribution in [0.1, 0.15) is 23.1 Å². The van der Waals surface area contributed by atoms with Crippen LogP contribution in [0.4, 0.5) is 0 Å². The summed E-state index contributed by atoms with van der Waals surface area (Å²) >= 11 is 7.50. The third kappa shape index (κ3) is 2.39. The molecule has 10 heteroatoms. The Morgan fingerprint density at radius 2 is 2.08 bits per heavy atom. The monoisotopic (exact) mass is 370 g/mol. The molecule has 8 nitrogen and oxygen atoms in total. The molecule has 0 unspecified atom stereocenters. The lowest BCUT2D eigenvalue weighted by Gasteiger charge is -2.49. The highest BCUT2D eigenvalue weighted by Gasteiger charge is 2.53. The van der Waals surface area contributed by atoms with Gasteiger partial charge in [-0.2, -0.15) is 5.10 Å². The van der Waals surface area contributed by atoms with Gasteiger partial charge in [0.25, 0.3) is 11.8 Å². The predicted octanol–water partition coefficient (Wildman–Crippen LogP) is 0.754. The van der Waals surface area contributed by atoms with Crippen molar-refractivity contribution in [2.24, 2.45) is 7.05 Å². The molecule has 2 aliphatic heterocycles. The highest BCUT2D eigenvalue weighted by atomic mass is 35.5. The van der Waals surface area contributed by atoms with Gasteiger partial charge in [-0.3, -0.25) is 19.2 Å². The first-order valence-electron chi connectivity index (χ1n) is 7.11. The van der Waals surface area contributed by atoms with E-state index in [1.807, 2.05) is 0 Å². The van der Waals surface area contributed by atoms with E-state index in [2.05, 4.69) is 10.4 Å². The van der Waals surface area contributed by atoms with Gasteiger partial charge >= 0.3 is 5.97 Å². The average Bonchev–Trinajstić information content (AvgIpc) is 2.79. The lowest BCUT2D eigenvalue weighted by atomic mass is 10.0. The van der Waals surface area contributed by atoms with Crippen LogP contribution >= 0.6 is 23.4 Å². The number of hydrogen-bond acceptors (Lipinski definition) is 5. The van der Waals surface area contributed by atoms with Crippen molar-refractivity contribution < 1.29 is 19.5 Å². The molecule has 0 spiro atoms. The summed E-state index contributed by atoms with van der Waals surface area (Å²) in [7, 11) is 1.66. The summed E-state index contributed by atoms with van der Waals surface area (Å²) in [5, 5.41) is 15.7. The minimum absolute atomic E-state index is 0.000891. The van der Waals surface area contributed by atoms with Crippen molar-refractivity contribution in [1.29, 1.82) is 0 Å². The third-order valence-corrected chi connectivity index (χ3v) is 6.00. The first-order valence-corrected chi connectivity index (χ1v) is 8.54. The largest absolute Gasteiger partial charge is 0.477 e. The number of halogens is 1. The normalized spacial score (nSPS) is 23.0. The molecule has 24 heavy (non-hydrogen) atoms. The van der Waals surface area contributed by atoms with Crippen molar-refractivity contribution >= 4 is 41.1 Å². The fourth-order valence-corrected chi connectivity index (χ4v) is 4.25. The topological polar surface area (TPSA) is 105 Å². The number of carboxylic acids is 1. The lowest BCUT2D eigenvalue weighted by Crippen LogP contribution is -2.70. The van der Waals surface area contributed by atoms with E-state index in [9.17, 15) is 19.5 Å². The standard InChI is InChI=1S/C14H15ClN4O4S/c1-5-4-24-13-9(12(21)19(13)10(5)14(22)23)16-11(20)8-7(15)6(2)18(3)17-8/h9,13H,4H2,1-3H3,(H,16,20)(H,22,23)/t9-,13-/m1/s1. The Balaban J connectivity index is 1.79. The maximum Gasteiger partial charge on any atom is 0.352 e. The van der Waals surface area contributed by atoms with Gasteiger partial charge < -0.3 is 10.4 Å². The average molecular weight is 371 g/mol. The van der Waals surface area contributed by atoms with Gasteiger partial charge in [-0.05, 0) is 19.4 Å². The summed E-state index contributed by atoms with van der Waals surface area (Å²) in [4.78, 5) is 37.3. The number of carbonyl (C=O) groups excluding carboxylic acids is 2. The van der Waals surface area contributed by atoms with Gasteiger partial charge in [0, 0.05) is 12.8 Å². The summed E-state index contributed by atoms with van der Waals surface area (Å²) in [6.45, 7) is 3.41. The number of carbonyl (C=O) groups is 3. The van der Waals surface area contributed by atoms with Crippen molar-refractivity contribution in [1.82, 2.24) is 20.0 Å². The molecule has 2 aliphatic rings. The van der Waals surface area contributed by atoms with E-state index in [0.717, 1.165) is 0 Å². The van der Waals surface area contributed by atoms with Gasteiger partial charge in [0.15, 0.2) is 5.69 Å². The van der Waals surface area contributed by atoms with E-state index in [4.69, 9.17) is 11.6 Å². The molecule has 3 rings (SSSR count). The highest BCUT2D eigenvalue weighted by Crippen LogP contribution is 2.40. The van der Waals surface area contributed by atoms with Crippen molar-refractivity contribution in [2.45, 2.75) is 25.3 Å². The molecule has 1 fully saturated rings. The number of nitrogens with zero attached hydrogens (tertiary/aromatic N) is 3. The van der Waals surface area contributed by atoms with E-state index >= 15 is 0 Å². The Labute approximate surface area is 146 Å². The van der Waals surface area contributed by atoms with Crippen LogP contribution in [-0.4, -0.2) is 54.7 Å². The number of nitrogens with one attached hydrogen (secondary N) is 1. The van der Waals surface area contributed by atoms with E-state index in [0.29, 0.717) is 17.0 Å². The molecule has 0 aromatic carbocycles. The smallest absolute Gasteiger partial charge is 0.352 e. The number of aryl methyl sites for hydroxylation is 1. The van der Waals surface area contributed by atoms with Gasteiger partial charge in [0.2, 0.25) is 0 Å². The molecule has 2 atom stereocenters. The Hall–Kier alpha value is -2.00. The summed E-state index contributed by atoms with van der Waals surface area (Å²) in [6.07, 6.45) is 0. The van der Waals surface area contributed by atoms with Crippen molar-refractivity contribution in [3.05, 3.63) is 27.7 Å². The molecule has 0 bridgehead atoms. The SMILES string of the molecule is CC1=C(C(=O)O)N2C(=O)[C@@H](NC(=O)c3nn(C)c(C)c3Cl)[C@H]2SC1. The lowest BCUT2D eigenvalue weighted by molar-refractivity contribution is -0.148. The predicted molar refractivity (Wildman–Crippen MR) is 87.6 cm³/mol. The second-order valence-corrected chi connectivity index (χ2v) is 7.15. The molecule has 1 saturated heterocycles. The van der Waals surface area contributed by atoms with E-state index in [-0.39, 0.29) is 16.4 Å². The van der Waals surface area contributed by atoms with Gasteiger partial charge in [-0.25, -0.2) is 4.79 Å². The number of rotatable bonds is 3. The molecule has 0 radical (unpaired) electrons. The van der Waals surface area contributed by atoms with E-state index < -0.39 is 29.2 Å². The summed E-state index contributed by atoms with van der Waals surface area (Å²) < 4.78 is 1.48. The van der Waals surface area contributed by atoms with Crippen LogP contribution in [0.5, 0.6) is 0 Å². The molecule has 128 valence electrons. The molecule has 2 N–H and O–H groups in total. The number of β-lactam (4-membered cyclic amide) rings is 1. The van der Waals surface area contributed by atoms with Gasteiger partial charge in [-0.1, -0.05) is 11.6 Å². The fourth-order valence-electron chi connectivity index (χ4n) is 2.71. The molecule has 2 amide bonds. The molecule has 0 saturated carbocycles. The number of aromatic nitrogens is 2. The Kier molecular flexibility index (Phi) is 4.08. The minimum Gasteiger partial charge on any atom is -0.477 e. The van der Waals surface area contributed by atoms with Gasteiger partial charge in [-0.15, -0.1) is 11.8 Å². The molecule has 3 heterocycles. The number of thioether (sulfide) groups is 1. The zero-order valence-corrected chi connectivity index (χ0v) is 14.7. The molecular formula is C14H15ClN4O4S. The van der Waals surface area contributed by atoms with E-state index in [1.54, 1.807) is 20.9 Å². The van der Waals surface area contributed by atoms with Crippen molar-refractivity contribution in [3.8, 4) is 0 Å². The van der Waals surface area contributed by atoms with Crippen LogP contribution in [0, 0.1) is 6.92 Å². The Bertz CT molecular complexity index is 803. The number of hydrogen-bond donors (Lipinski definition) is 2. The second-order valence-electron chi connectivity index (χ2n) is 5.67. The summed E-state index contributed by atoms with van der Waals surface area (Å²) in [5.74, 6) is -1.64. The summed E-state index contributed by atoms with van der Waals surface area (Å²) in [6, 6.07) is -0.789. The maximum atomic E-state index is 12.4. The zero-order chi connectivity index (χ0) is 17.8. The second kappa shape index (κ2) is 5.82. The van der Waals surface area contributed by atoms with Crippen molar-refractivity contribution in [2.75, 3.05) is 5.75 Å². The van der Waals surface area contributed by atoms with Crippen molar-refractivity contribution in [3.63, 3.8) is 0 Å². The van der Waals surface area contributed by atoms with Crippen LogP contribution in [0.15, 0.2) is 11.3 Å². The molecular weight excluding hydrogens is 356 g/mol. The first kappa shape index (κ1) is 16.8. The molecule has 1 aromatic heterocycles. The van der Waals surface area contributed by atoms with Gasteiger partial charge in [0.05, 0.1) is 10.7 Å². The first-order chi connectivity index (χ1) is 11.2. The zero-order valence-electron chi connectivity index (χ0n) is 13.2. The Morgan fingerprint density at radius 3 is 2.62 bits per heavy atom. The highest BCUT2D eigenvalue weighted by molar-refractivity contribution is 8.00. The number of carboxylic acid groups (broad SMARTS) is 1. The van der Waals surface area contributed by atoms with Crippen LogP contribution in [-0.2, 0) is 16.6 Å². The third-order valence-electron chi connectivity index (χ3n) is 4.12. The van der Waals surface area contributed by atoms with Gasteiger partial charge in [0.1, 0.15) is 17.1 Å². The number of amides is 2. The van der Waals surface area contributed by atoms with Crippen LogP contribution in [0.25, 0.3) is 0 Å². The minimum atomic E-state index is -1.14. The molecule has 1 aromatic rings. The van der Waals surface area contributed by atoms with Crippen LogP contribution < -0.4 is 5.32 Å². The quantitative estimate of drug-likeness (QED) is 0.761.